The third-order valence-electron chi connectivity index (χ3n) is 4.40. The summed E-state index contributed by atoms with van der Waals surface area (Å²) >= 11 is 0. The molecule has 3 heteroatoms. The van der Waals surface area contributed by atoms with E-state index < -0.39 is 0 Å². The van der Waals surface area contributed by atoms with Crippen LogP contribution in [0.25, 0.3) is 0 Å². The Hall–Kier alpha value is -1.06. The lowest BCUT2D eigenvalue weighted by atomic mass is 9.97. The van der Waals surface area contributed by atoms with E-state index in [4.69, 9.17) is 4.74 Å². The minimum Gasteiger partial charge on any atom is -0.380 e. The molecule has 1 aromatic carbocycles. The fraction of sp³-hybridized carbons (Fsp3) is 0.667. The molecule has 2 rings (SSSR count). The zero-order chi connectivity index (χ0) is 15.1. The molecule has 1 aliphatic rings. The molecular weight excluding hydrogens is 260 g/mol. The van der Waals surface area contributed by atoms with Gasteiger partial charge in [0.05, 0.1) is 6.61 Å². The van der Waals surface area contributed by atoms with Crippen LogP contribution in [-0.4, -0.2) is 33.4 Å². The maximum absolute atomic E-state index is 5.72. The Labute approximate surface area is 129 Å². The summed E-state index contributed by atoms with van der Waals surface area (Å²) in [5, 5.41) is 3.32. The summed E-state index contributed by atoms with van der Waals surface area (Å²) in [6, 6.07) is 7.35. The summed E-state index contributed by atoms with van der Waals surface area (Å²) < 4.78 is 5.72. The maximum atomic E-state index is 5.72. The Morgan fingerprint density at radius 3 is 2.95 bits per heavy atom. The van der Waals surface area contributed by atoms with Gasteiger partial charge in [-0.2, -0.15) is 0 Å². The average molecular weight is 290 g/mol. The number of aryl methyl sites for hydroxylation is 1. The third kappa shape index (κ3) is 4.45. The van der Waals surface area contributed by atoms with Gasteiger partial charge in [0, 0.05) is 31.4 Å². The highest BCUT2D eigenvalue weighted by Gasteiger charge is 2.17. The van der Waals surface area contributed by atoms with Gasteiger partial charge in [-0.3, -0.25) is 0 Å². The van der Waals surface area contributed by atoms with E-state index in [1.54, 1.807) is 0 Å². The van der Waals surface area contributed by atoms with Crippen LogP contribution in [0.4, 0.5) is 5.69 Å². The first-order valence-electron chi connectivity index (χ1n) is 8.39. The van der Waals surface area contributed by atoms with Crippen molar-refractivity contribution in [2.45, 2.75) is 45.6 Å². The lowest BCUT2D eigenvalue weighted by Crippen LogP contribution is -2.32. The fourth-order valence-corrected chi connectivity index (χ4v) is 2.89. The van der Waals surface area contributed by atoms with E-state index in [1.807, 2.05) is 7.05 Å². The molecule has 0 saturated carbocycles. The molecule has 1 aromatic rings. The van der Waals surface area contributed by atoms with Crippen molar-refractivity contribution in [2.75, 3.05) is 38.3 Å². The number of ether oxygens (including phenoxy) is 1. The van der Waals surface area contributed by atoms with E-state index in [0.29, 0.717) is 6.04 Å². The van der Waals surface area contributed by atoms with Gasteiger partial charge in [0.2, 0.25) is 0 Å². The summed E-state index contributed by atoms with van der Waals surface area (Å²) in [4.78, 5) is 2.48. The van der Waals surface area contributed by atoms with Gasteiger partial charge in [-0.25, -0.2) is 0 Å². The van der Waals surface area contributed by atoms with Crippen molar-refractivity contribution in [1.29, 1.82) is 0 Å². The minimum absolute atomic E-state index is 0.419. The van der Waals surface area contributed by atoms with E-state index in [2.05, 4.69) is 42.3 Å². The van der Waals surface area contributed by atoms with Crippen LogP contribution in [0.3, 0.4) is 0 Å². The number of nitrogens with one attached hydrogen (secondary N) is 1. The van der Waals surface area contributed by atoms with Crippen molar-refractivity contribution in [1.82, 2.24) is 5.32 Å². The highest BCUT2D eigenvalue weighted by atomic mass is 16.5. The number of nitrogens with zero attached hydrogens (tertiary/aromatic N) is 1. The summed E-state index contributed by atoms with van der Waals surface area (Å²) in [5.41, 5.74) is 4.29. The van der Waals surface area contributed by atoms with Gasteiger partial charge in [0.25, 0.3) is 0 Å². The summed E-state index contributed by atoms with van der Waals surface area (Å²) in [7, 11) is 2.02. The smallest absolute Gasteiger partial charge is 0.0641 e. The highest BCUT2D eigenvalue weighted by molar-refractivity contribution is 5.57. The first-order chi connectivity index (χ1) is 10.3. The molecule has 0 saturated heterocycles. The van der Waals surface area contributed by atoms with Crippen LogP contribution in [0.15, 0.2) is 18.2 Å². The summed E-state index contributed by atoms with van der Waals surface area (Å²) in [6.07, 6.45) is 4.83. The second kappa shape index (κ2) is 8.40. The summed E-state index contributed by atoms with van der Waals surface area (Å²) in [5.74, 6) is 0. The molecule has 3 nitrogen and oxygen atoms in total. The predicted molar refractivity (Wildman–Crippen MR) is 90.2 cm³/mol. The number of anilines is 1. The number of hydrogen-bond acceptors (Lipinski definition) is 3. The van der Waals surface area contributed by atoms with E-state index in [9.17, 15) is 0 Å². The summed E-state index contributed by atoms with van der Waals surface area (Å²) in [6.45, 7) is 8.32. The number of fused-ring (bicyclic) bond motifs is 1. The van der Waals surface area contributed by atoms with Gasteiger partial charge < -0.3 is 15.0 Å². The highest BCUT2D eigenvalue weighted by Crippen LogP contribution is 2.29. The van der Waals surface area contributed by atoms with Gasteiger partial charge in [-0.15, -0.1) is 0 Å². The second-order valence-corrected chi connectivity index (χ2v) is 5.96. The van der Waals surface area contributed by atoms with Crippen LogP contribution in [0, 0.1) is 0 Å². The Bertz CT molecular complexity index is 433. The molecule has 0 radical (unpaired) electrons. The van der Waals surface area contributed by atoms with Gasteiger partial charge in [-0.05, 0) is 50.4 Å². The van der Waals surface area contributed by atoms with Gasteiger partial charge >= 0.3 is 0 Å². The first kappa shape index (κ1) is 16.3. The van der Waals surface area contributed by atoms with Crippen LogP contribution < -0.4 is 10.2 Å². The Balaban J connectivity index is 1.96. The Morgan fingerprint density at radius 2 is 2.19 bits per heavy atom. The zero-order valence-electron chi connectivity index (χ0n) is 13.8. The molecule has 21 heavy (non-hydrogen) atoms. The largest absolute Gasteiger partial charge is 0.380 e. The quantitative estimate of drug-likeness (QED) is 0.741. The molecule has 118 valence electrons. The van der Waals surface area contributed by atoms with Gasteiger partial charge in [0.15, 0.2) is 0 Å². The Kier molecular flexibility index (Phi) is 6.52. The van der Waals surface area contributed by atoms with E-state index in [-0.39, 0.29) is 0 Å². The molecule has 0 aliphatic carbocycles. The average Bonchev–Trinajstić information content (AvgIpc) is 2.53. The van der Waals surface area contributed by atoms with Crippen molar-refractivity contribution >= 4 is 5.69 Å². The predicted octanol–water partition coefficient (Wildman–Crippen LogP) is 3.54. The number of rotatable bonds is 8. The zero-order valence-corrected chi connectivity index (χ0v) is 13.8. The van der Waals surface area contributed by atoms with Crippen LogP contribution in [0.1, 0.15) is 50.3 Å². The van der Waals surface area contributed by atoms with Gasteiger partial charge in [-0.1, -0.05) is 25.5 Å². The number of hydrogen-bond donors (Lipinski definition) is 1. The van der Waals surface area contributed by atoms with Crippen LogP contribution >= 0.6 is 0 Å². The molecule has 0 fully saturated rings. The molecule has 1 atom stereocenters. The van der Waals surface area contributed by atoms with Crippen molar-refractivity contribution < 1.29 is 4.74 Å². The topological polar surface area (TPSA) is 24.5 Å². The lowest BCUT2D eigenvalue weighted by Gasteiger charge is -2.32. The molecule has 0 spiro atoms. The van der Waals surface area contributed by atoms with Crippen molar-refractivity contribution in [2.24, 2.45) is 0 Å². The molecule has 1 unspecified atom stereocenters. The third-order valence-corrected chi connectivity index (χ3v) is 4.40. The van der Waals surface area contributed by atoms with Crippen LogP contribution in [0.2, 0.25) is 0 Å². The molecule has 0 amide bonds. The monoisotopic (exact) mass is 290 g/mol. The molecule has 0 aromatic heterocycles. The molecule has 1 heterocycles. The minimum atomic E-state index is 0.419. The number of unbranched alkanes of at least 4 members (excludes halogenated alkanes) is 1. The van der Waals surface area contributed by atoms with Crippen molar-refractivity contribution in [3.8, 4) is 0 Å². The first-order valence-corrected chi connectivity index (χ1v) is 8.39. The van der Waals surface area contributed by atoms with Crippen LogP contribution in [0.5, 0.6) is 0 Å². The van der Waals surface area contributed by atoms with Gasteiger partial charge in [0.1, 0.15) is 0 Å². The van der Waals surface area contributed by atoms with Crippen molar-refractivity contribution in [3.05, 3.63) is 29.3 Å². The number of benzene rings is 1. The molecule has 1 aliphatic heterocycles. The van der Waals surface area contributed by atoms with Crippen LogP contribution in [-0.2, 0) is 11.2 Å². The van der Waals surface area contributed by atoms with Crippen molar-refractivity contribution in [3.63, 3.8) is 0 Å². The SMILES string of the molecule is CCCCOCCN1CCCc2cc(C(C)NC)ccc21. The molecule has 0 bridgehead atoms. The second-order valence-electron chi connectivity index (χ2n) is 5.96. The van der Waals surface area contributed by atoms with E-state index in [0.717, 1.165) is 26.3 Å². The normalized spacial score (nSPS) is 15.9. The molecular formula is C18H30N2O. The fourth-order valence-electron chi connectivity index (χ4n) is 2.89. The van der Waals surface area contributed by atoms with E-state index in [1.165, 1.54) is 42.5 Å². The standard InChI is InChI=1S/C18H30N2O/c1-4-5-12-21-13-11-20-10-6-7-17-14-16(15(2)19-3)8-9-18(17)20/h8-9,14-15,19H,4-7,10-13H2,1-3H3. The Morgan fingerprint density at radius 1 is 1.33 bits per heavy atom. The maximum Gasteiger partial charge on any atom is 0.0641 e. The van der Waals surface area contributed by atoms with E-state index >= 15 is 0 Å². The lowest BCUT2D eigenvalue weighted by molar-refractivity contribution is 0.137. The molecule has 1 N–H and O–H groups in total.